The Morgan fingerprint density at radius 2 is 1.53 bits per heavy atom. The molecule has 0 aliphatic rings. The molecule has 0 spiro atoms. The number of benzene rings is 2. The van der Waals surface area contributed by atoms with Crippen LogP contribution in [0.5, 0.6) is 0 Å². The Morgan fingerprint density at radius 3 is 2.18 bits per heavy atom. The summed E-state index contributed by atoms with van der Waals surface area (Å²) in [5.74, 6) is 0. The maximum Gasteiger partial charge on any atom is 0.0259 e. The summed E-state index contributed by atoms with van der Waals surface area (Å²) in [5.41, 5.74) is 6.45. The largest absolute Gasteiger partial charge is 0.0576 e. The molecule has 2 aromatic carbocycles. The number of hydrogen-bond donors (Lipinski definition) is 0. The maximum absolute atomic E-state index is 3.68. The van der Waals surface area contributed by atoms with E-state index in [1.807, 2.05) is 0 Å². The van der Waals surface area contributed by atoms with Gasteiger partial charge in [0, 0.05) is 8.95 Å². The summed E-state index contributed by atoms with van der Waals surface area (Å²) in [4.78, 5) is 0. The number of hydrogen-bond acceptors (Lipinski definition) is 0. The number of halogens is 2. The van der Waals surface area contributed by atoms with Gasteiger partial charge in [0.25, 0.3) is 0 Å². The predicted molar refractivity (Wildman–Crippen MR) is 81.5 cm³/mol. The zero-order valence-electron chi connectivity index (χ0n) is 10.1. The number of aryl methyl sites for hydroxylation is 3. The highest BCUT2D eigenvalue weighted by Crippen LogP contribution is 2.35. The first-order chi connectivity index (χ1) is 7.99. The Hall–Kier alpha value is -0.600. The molecule has 0 bridgehead atoms. The van der Waals surface area contributed by atoms with Crippen LogP contribution in [0.2, 0.25) is 0 Å². The van der Waals surface area contributed by atoms with Crippen molar-refractivity contribution in [1.82, 2.24) is 0 Å². The van der Waals surface area contributed by atoms with Crippen LogP contribution in [0.25, 0.3) is 11.1 Å². The molecule has 0 atom stereocenters. The lowest BCUT2D eigenvalue weighted by Crippen LogP contribution is -1.90. The third-order valence-corrected chi connectivity index (χ3v) is 4.02. The van der Waals surface area contributed by atoms with Gasteiger partial charge < -0.3 is 0 Å². The summed E-state index contributed by atoms with van der Waals surface area (Å²) in [6, 6.07) is 10.8. The third kappa shape index (κ3) is 2.63. The van der Waals surface area contributed by atoms with Crippen molar-refractivity contribution in [3.8, 4) is 11.1 Å². The fraction of sp³-hybridized carbons (Fsp3) is 0.200. The predicted octanol–water partition coefficient (Wildman–Crippen LogP) is 5.80. The van der Waals surface area contributed by atoms with E-state index in [0.717, 1.165) is 8.95 Å². The summed E-state index contributed by atoms with van der Waals surface area (Å²) in [5, 5.41) is 0. The molecule has 2 heteroatoms. The average molecular weight is 354 g/mol. The lowest BCUT2D eigenvalue weighted by molar-refractivity contribution is 1.34. The van der Waals surface area contributed by atoms with Gasteiger partial charge in [0.15, 0.2) is 0 Å². The van der Waals surface area contributed by atoms with Gasteiger partial charge in [0.2, 0.25) is 0 Å². The van der Waals surface area contributed by atoms with Gasteiger partial charge in [-0.25, -0.2) is 0 Å². The van der Waals surface area contributed by atoms with Crippen LogP contribution in [0.1, 0.15) is 16.7 Å². The van der Waals surface area contributed by atoms with E-state index < -0.39 is 0 Å². The monoisotopic (exact) mass is 352 g/mol. The lowest BCUT2D eigenvalue weighted by Gasteiger charge is -2.13. The van der Waals surface area contributed by atoms with Crippen molar-refractivity contribution < 1.29 is 0 Å². The quantitative estimate of drug-likeness (QED) is 0.607. The van der Waals surface area contributed by atoms with Crippen LogP contribution in [-0.4, -0.2) is 0 Å². The van der Waals surface area contributed by atoms with Gasteiger partial charge in [-0.15, -0.1) is 0 Å². The standard InChI is InChI=1S/C15H14Br2/c1-9-6-11(3)15(14(17)7-9)13-8-12(16)5-4-10(13)2/h4-8H,1-3H3. The molecule has 0 aliphatic carbocycles. The second kappa shape index (κ2) is 4.95. The second-order valence-corrected chi connectivity index (χ2v) is 6.17. The van der Waals surface area contributed by atoms with E-state index in [1.54, 1.807) is 0 Å². The lowest BCUT2D eigenvalue weighted by atomic mass is 9.95. The molecule has 0 saturated heterocycles. The highest BCUT2D eigenvalue weighted by Gasteiger charge is 2.10. The fourth-order valence-electron chi connectivity index (χ4n) is 2.12. The zero-order chi connectivity index (χ0) is 12.6. The minimum absolute atomic E-state index is 1.12. The van der Waals surface area contributed by atoms with Gasteiger partial charge in [0.1, 0.15) is 0 Å². The molecule has 2 rings (SSSR count). The molecule has 0 radical (unpaired) electrons. The zero-order valence-corrected chi connectivity index (χ0v) is 13.3. The van der Waals surface area contributed by atoms with Crippen LogP contribution in [0.15, 0.2) is 39.3 Å². The van der Waals surface area contributed by atoms with Gasteiger partial charge in [-0.1, -0.05) is 44.0 Å². The molecule has 0 heterocycles. The van der Waals surface area contributed by atoms with Crippen LogP contribution >= 0.6 is 31.9 Å². The Bertz CT molecular complexity index is 548. The summed E-state index contributed by atoms with van der Waals surface area (Å²) in [6.07, 6.45) is 0. The van der Waals surface area contributed by atoms with Crippen LogP contribution in [0.4, 0.5) is 0 Å². The normalized spacial score (nSPS) is 10.6. The van der Waals surface area contributed by atoms with E-state index in [1.165, 1.54) is 27.8 Å². The minimum Gasteiger partial charge on any atom is -0.0576 e. The van der Waals surface area contributed by atoms with Crippen molar-refractivity contribution in [1.29, 1.82) is 0 Å². The molecule has 0 aromatic heterocycles. The van der Waals surface area contributed by atoms with Crippen LogP contribution in [0, 0.1) is 20.8 Å². The van der Waals surface area contributed by atoms with E-state index in [-0.39, 0.29) is 0 Å². The smallest absolute Gasteiger partial charge is 0.0259 e. The molecule has 0 unspecified atom stereocenters. The molecule has 0 fully saturated rings. The first-order valence-electron chi connectivity index (χ1n) is 5.52. The third-order valence-electron chi connectivity index (χ3n) is 2.90. The second-order valence-electron chi connectivity index (χ2n) is 4.40. The molecule has 0 N–H and O–H groups in total. The van der Waals surface area contributed by atoms with E-state index in [0.29, 0.717) is 0 Å². The molecular weight excluding hydrogens is 340 g/mol. The molecule has 2 aromatic rings. The minimum atomic E-state index is 1.12. The van der Waals surface area contributed by atoms with Gasteiger partial charge in [-0.05, 0) is 66.8 Å². The molecule has 0 nitrogen and oxygen atoms in total. The van der Waals surface area contributed by atoms with Crippen LogP contribution in [-0.2, 0) is 0 Å². The molecule has 0 aliphatic heterocycles. The van der Waals surface area contributed by atoms with Crippen molar-refractivity contribution in [2.75, 3.05) is 0 Å². The summed E-state index contributed by atoms with van der Waals surface area (Å²) in [6.45, 7) is 6.43. The van der Waals surface area contributed by atoms with E-state index in [9.17, 15) is 0 Å². The van der Waals surface area contributed by atoms with Crippen molar-refractivity contribution in [2.24, 2.45) is 0 Å². The van der Waals surface area contributed by atoms with Crippen molar-refractivity contribution in [3.63, 3.8) is 0 Å². The highest BCUT2D eigenvalue weighted by molar-refractivity contribution is 9.10. The van der Waals surface area contributed by atoms with Gasteiger partial charge >= 0.3 is 0 Å². The topological polar surface area (TPSA) is 0 Å². The van der Waals surface area contributed by atoms with Gasteiger partial charge in [0.05, 0.1) is 0 Å². The molecule has 0 saturated carbocycles. The van der Waals surface area contributed by atoms with Gasteiger partial charge in [-0.2, -0.15) is 0 Å². The first kappa shape index (κ1) is 12.8. The Morgan fingerprint density at radius 1 is 0.824 bits per heavy atom. The van der Waals surface area contributed by atoms with Crippen molar-refractivity contribution >= 4 is 31.9 Å². The Labute approximate surface area is 119 Å². The van der Waals surface area contributed by atoms with Crippen molar-refractivity contribution in [3.05, 3.63) is 56.0 Å². The van der Waals surface area contributed by atoms with E-state index >= 15 is 0 Å². The fourth-order valence-corrected chi connectivity index (χ4v) is 3.37. The van der Waals surface area contributed by atoms with Gasteiger partial charge in [-0.3, -0.25) is 0 Å². The van der Waals surface area contributed by atoms with Crippen LogP contribution < -0.4 is 0 Å². The highest BCUT2D eigenvalue weighted by atomic mass is 79.9. The average Bonchev–Trinajstić information content (AvgIpc) is 2.21. The van der Waals surface area contributed by atoms with Crippen molar-refractivity contribution in [2.45, 2.75) is 20.8 Å². The van der Waals surface area contributed by atoms with E-state index in [4.69, 9.17) is 0 Å². The Kier molecular flexibility index (Phi) is 3.74. The molecular formula is C15H14Br2. The Balaban J connectivity index is 2.72. The number of rotatable bonds is 1. The first-order valence-corrected chi connectivity index (χ1v) is 7.11. The maximum atomic E-state index is 3.68. The summed E-state index contributed by atoms with van der Waals surface area (Å²) >= 11 is 7.22. The molecule has 17 heavy (non-hydrogen) atoms. The SMILES string of the molecule is Cc1cc(C)c(-c2cc(Br)ccc2C)c(Br)c1. The summed E-state index contributed by atoms with van der Waals surface area (Å²) < 4.78 is 2.28. The summed E-state index contributed by atoms with van der Waals surface area (Å²) in [7, 11) is 0. The molecule has 88 valence electrons. The van der Waals surface area contributed by atoms with E-state index in [2.05, 4.69) is 83.0 Å². The van der Waals surface area contributed by atoms with Crippen LogP contribution in [0.3, 0.4) is 0 Å². The molecule has 0 amide bonds.